The maximum atomic E-state index is 12.2. The molecule has 0 fully saturated rings. The first-order chi connectivity index (χ1) is 8.56. The first kappa shape index (κ1) is 14.6. The lowest BCUT2D eigenvalue weighted by atomic mass is 10.1. The van der Waals surface area contributed by atoms with Crippen LogP contribution in [0.25, 0.3) is 0 Å². The maximum absolute atomic E-state index is 12.2. The molecule has 18 heavy (non-hydrogen) atoms. The summed E-state index contributed by atoms with van der Waals surface area (Å²) in [6, 6.07) is -0.215. The molecular formula is C13H22N4O. The van der Waals surface area contributed by atoms with Crippen molar-refractivity contribution < 1.29 is 4.79 Å². The van der Waals surface area contributed by atoms with Crippen LogP contribution < -0.4 is 11.1 Å². The van der Waals surface area contributed by atoms with Crippen LogP contribution in [0.3, 0.4) is 0 Å². The van der Waals surface area contributed by atoms with E-state index in [1.165, 1.54) is 19.0 Å². The summed E-state index contributed by atoms with van der Waals surface area (Å²) in [5.74, 6) is 0.219. The van der Waals surface area contributed by atoms with Crippen molar-refractivity contribution in [1.82, 2.24) is 15.3 Å². The molecule has 1 heterocycles. The maximum Gasteiger partial charge on any atom is 0.220 e. The Bertz CT molecular complexity index is 406. The number of unbranched alkanes of at least 4 members (excludes halogenated alkanes) is 2. The van der Waals surface area contributed by atoms with Crippen LogP contribution in [-0.4, -0.2) is 28.3 Å². The molecule has 0 saturated heterocycles. The number of Topliss-reactive ketones (excluding diaryl/α,β-unsaturated/α-hetero) is 1. The summed E-state index contributed by atoms with van der Waals surface area (Å²) in [5.41, 5.74) is 6.64. The van der Waals surface area contributed by atoms with E-state index in [-0.39, 0.29) is 17.8 Å². The molecule has 1 rings (SSSR count). The molecule has 100 valence electrons. The molecule has 5 nitrogen and oxygen atoms in total. The Morgan fingerprint density at radius 2 is 2.22 bits per heavy atom. The lowest BCUT2D eigenvalue weighted by Crippen LogP contribution is -2.35. The van der Waals surface area contributed by atoms with Crippen molar-refractivity contribution >= 4 is 11.7 Å². The number of nitrogens with zero attached hydrogens (tertiary/aromatic N) is 2. The van der Waals surface area contributed by atoms with Crippen LogP contribution in [0.4, 0.5) is 5.95 Å². The third-order valence-corrected chi connectivity index (χ3v) is 2.89. The smallest absolute Gasteiger partial charge is 0.220 e. The van der Waals surface area contributed by atoms with Gasteiger partial charge in [-0.25, -0.2) is 9.97 Å². The highest BCUT2D eigenvalue weighted by molar-refractivity contribution is 6.00. The summed E-state index contributed by atoms with van der Waals surface area (Å²) in [6.07, 6.45) is 4.95. The third kappa shape index (κ3) is 4.07. The number of carbonyl (C=O) groups excluding carboxylic acids is 1. The fourth-order valence-corrected chi connectivity index (χ4v) is 1.75. The molecule has 0 aromatic carbocycles. The second-order valence-electron chi connectivity index (χ2n) is 4.47. The number of nitrogen functional groups attached to an aromatic ring is 1. The van der Waals surface area contributed by atoms with Gasteiger partial charge in [-0.3, -0.25) is 4.79 Å². The molecule has 1 aromatic heterocycles. The molecule has 0 amide bonds. The minimum absolute atomic E-state index is 0.0176. The molecule has 3 N–H and O–H groups in total. The van der Waals surface area contributed by atoms with E-state index in [1.807, 2.05) is 6.92 Å². The van der Waals surface area contributed by atoms with Crippen molar-refractivity contribution in [3.8, 4) is 0 Å². The van der Waals surface area contributed by atoms with E-state index in [9.17, 15) is 4.79 Å². The highest BCUT2D eigenvalue weighted by Gasteiger charge is 2.17. The molecule has 1 unspecified atom stereocenters. The second kappa shape index (κ2) is 7.06. The molecule has 0 aliphatic heterocycles. The van der Waals surface area contributed by atoms with E-state index in [4.69, 9.17) is 5.73 Å². The van der Waals surface area contributed by atoms with Gasteiger partial charge in [-0.15, -0.1) is 0 Å². The van der Waals surface area contributed by atoms with Gasteiger partial charge in [-0.2, -0.15) is 0 Å². The van der Waals surface area contributed by atoms with E-state index in [2.05, 4.69) is 22.2 Å². The Hall–Kier alpha value is -1.49. The monoisotopic (exact) mass is 250 g/mol. The first-order valence-corrected chi connectivity index (χ1v) is 6.43. The average molecular weight is 250 g/mol. The molecular weight excluding hydrogens is 228 g/mol. The largest absolute Gasteiger partial charge is 0.368 e. The Labute approximate surface area is 108 Å². The van der Waals surface area contributed by atoms with E-state index >= 15 is 0 Å². The van der Waals surface area contributed by atoms with Crippen LogP contribution in [0.2, 0.25) is 0 Å². The number of rotatable bonds is 7. The molecule has 1 atom stereocenters. The van der Waals surface area contributed by atoms with Crippen LogP contribution in [0, 0.1) is 6.92 Å². The number of nitrogens with one attached hydrogen (secondary N) is 1. The van der Waals surface area contributed by atoms with Gasteiger partial charge in [0.2, 0.25) is 5.95 Å². The van der Waals surface area contributed by atoms with Crippen molar-refractivity contribution in [3.05, 3.63) is 17.5 Å². The van der Waals surface area contributed by atoms with Gasteiger partial charge in [0.15, 0.2) is 5.78 Å². The summed E-state index contributed by atoms with van der Waals surface area (Å²) in [6.45, 7) is 6.65. The van der Waals surface area contributed by atoms with Crippen molar-refractivity contribution in [1.29, 1.82) is 0 Å². The summed E-state index contributed by atoms with van der Waals surface area (Å²) in [7, 11) is 0. The van der Waals surface area contributed by atoms with E-state index < -0.39 is 0 Å². The SMILES string of the molecule is CCCCCNC(C)C(=O)c1cnc(N)nc1C. The molecule has 5 heteroatoms. The molecule has 0 aliphatic carbocycles. The predicted molar refractivity (Wildman–Crippen MR) is 72.5 cm³/mol. The molecule has 0 bridgehead atoms. The van der Waals surface area contributed by atoms with Crippen LogP contribution in [0.1, 0.15) is 49.2 Å². The Kier molecular flexibility index (Phi) is 5.71. The van der Waals surface area contributed by atoms with Gasteiger partial charge in [0.25, 0.3) is 0 Å². The minimum Gasteiger partial charge on any atom is -0.368 e. The third-order valence-electron chi connectivity index (χ3n) is 2.89. The number of hydrogen-bond acceptors (Lipinski definition) is 5. The number of aryl methyl sites for hydroxylation is 1. The first-order valence-electron chi connectivity index (χ1n) is 6.43. The van der Waals surface area contributed by atoms with Crippen LogP contribution in [0.5, 0.6) is 0 Å². The molecule has 0 radical (unpaired) electrons. The predicted octanol–water partition coefficient (Wildman–Crippen LogP) is 1.72. The average Bonchev–Trinajstić information content (AvgIpc) is 2.33. The highest BCUT2D eigenvalue weighted by atomic mass is 16.1. The highest BCUT2D eigenvalue weighted by Crippen LogP contribution is 2.08. The zero-order valence-corrected chi connectivity index (χ0v) is 11.4. The molecule has 0 aliphatic rings. The number of aromatic nitrogens is 2. The van der Waals surface area contributed by atoms with Gasteiger partial charge >= 0.3 is 0 Å². The molecule has 0 saturated carbocycles. The van der Waals surface area contributed by atoms with E-state index in [0.717, 1.165) is 13.0 Å². The Balaban J connectivity index is 2.57. The Morgan fingerprint density at radius 1 is 1.50 bits per heavy atom. The molecule has 0 spiro atoms. The van der Waals surface area contributed by atoms with Crippen LogP contribution >= 0.6 is 0 Å². The number of carbonyl (C=O) groups is 1. The lowest BCUT2D eigenvalue weighted by molar-refractivity contribution is 0.0949. The van der Waals surface area contributed by atoms with Crippen molar-refractivity contribution in [2.75, 3.05) is 12.3 Å². The second-order valence-corrected chi connectivity index (χ2v) is 4.47. The van der Waals surface area contributed by atoms with Gasteiger partial charge in [0.1, 0.15) is 0 Å². The topological polar surface area (TPSA) is 80.9 Å². The van der Waals surface area contributed by atoms with Crippen LogP contribution in [0.15, 0.2) is 6.20 Å². The number of ketones is 1. The van der Waals surface area contributed by atoms with E-state index in [0.29, 0.717) is 11.3 Å². The Morgan fingerprint density at radius 3 is 2.83 bits per heavy atom. The fraction of sp³-hybridized carbons (Fsp3) is 0.615. The normalized spacial score (nSPS) is 12.4. The van der Waals surface area contributed by atoms with E-state index in [1.54, 1.807) is 6.92 Å². The van der Waals surface area contributed by atoms with Gasteiger partial charge in [0, 0.05) is 6.20 Å². The minimum atomic E-state index is -0.215. The van der Waals surface area contributed by atoms with Crippen molar-refractivity contribution in [2.45, 2.75) is 46.1 Å². The quantitative estimate of drug-likeness (QED) is 0.569. The molecule has 1 aromatic rings. The zero-order valence-electron chi connectivity index (χ0n) is 11.4. The fourth-order valence-electron chi connectivity index (χ4n) is 1.75. The van der Waals surface area contributed by atoms with Gasteiger partial charge in [-0.05, 0) is 26.8 Å². The summed E-state index contributed by atoms with van der Waals surface area (Å²) < 4.78 is 0. The van der Waals surface area contributed by atoms with Crippen LogP contribution in [-0.2, 0) is 0 Å². The van der Waals surface area contributed by atoms with Gasteiger partial charge in [-0.1, -0.05) is 19.8 Å². The van der Waals surface area contributed by atoms with Crippen molar-refractivity contribution in [3.63, 3.8) is 0 Å². The number of anilines is 1. The number of hydrogen-bond donors (Lipinski definition) is 2. The number of nitrogens with two attached hydrogens (primary N) is 1. The lowest BCUT2D eigenvalue weighted by Gasteiger charge is -2.13. The van der Waals surface area contributed by atoms with Crippen molar-refractivity contribution in [2.24, 2.45) is 0 Å². The standard InChI is InChI=1S/C13H22N4O/c1-4-5-6-7-15-10(3)12(18)11-8-16-13(14)17-9(11)2/h8,10,15H,4-7H2,1-3H3,(H2,14,16,17). The summed E-state index contributed by atoms with van der Waals surface area (Å²) >= 11 is 0. The van der Waals surface area contributed by atoms with Gasteiger partial charge < -0.3 is 11.1 Å². The zero-order chi connectivity index (χ0) is 13.5. The van der Waals surface area contributed by atoms with Gasteiger partial charge in [0.05, 0.1) is 17.3 Å². The summed E-state index contributed by atoms with van der Waals surface area (Å²) in [4.78, 5) is 20.0. The summed E-state index contributed by atoms with van der Waals surface area (Å²) in [5, 5.41) is 3.22.